The van der Waals surface area contributed by atoms with E-state index < -0.39 is 5.79 Å². The molecule has 2 fully saturated rings. The van der Waals surface area contributed by atoms with Crippen molar-refractivity contribution in [3.8, 4) is 23.0 Å². The van der Waals surface area contributed by atoms with Gasteiger partial charge >= 0.3 is 0 Å². The van der Waals surface area contributed by atoms with E-state index in [2.05, 4.69) is 5.32 Å². The Kier molecular flexibility index (Phi) is 6.45. The van der Waals surface area contributed by atoms with Gasteiger partial charge in [-0.15, -0.1) is 0 Å². The number of ether oxygens (including phenoxy) is 4. The highest BCUT2D eigenvalue weighted by molar-refractivity contribution is 5.96. The predicted molar refractivity (Wildman–Crippen MR) is 130 cm³/mol. The van der Waals surface area contributed by atoms with Gasteiger partial charge in [0.2, 0.25) is 5.91 Å². The Morgan fingerprint density at radius 3 is 2.23 bits per heavy atom. The average Bonchev–Trinajstić information content (AvgIpc) is 3.24. The number of methoxy groups -OCH3 is 2. The maximum absolute atomic E-state index is 13.0. The normalized spacial score (nSPS) is 18.9. The number of anilines is 1. The van der Waals surface area contributed by atoms with Crippen LogP contribution >= 0.6 is 0 Å². The van der Waals surface area contributed by atoms with Crippen LogP contribution in [0, 0.1) is 5.92 Å². The molecule has 1 aliphatic carbocycles. The van der Waals surface area contributed by atoms with E-state index in [-0.39, 0.29) is 17.7 Å². The largest absolute Gasteiger partial charge is 0.497 e. The van der Waals surface area contributed by atoms with Crippen LogP contribution in [0.5, 0.6) is 23.0 Å². The van der Waals surface area contributed by atoms with Crippen molar-refractivity contribution < 1.29 is 28.5 Å². The number of likely N-dealkylation sites (tertiary alicyclic amines) is 1. The first-order valence-electron chi connectivity index (χ1n) is 12.3. The zero-order chi connectivity index (χ0) is 24.4. The van der Waals surface area contributed by atoms with Crippen molar-refractivity contribution in [2.75, 3.05) is 32.6 Å². The zero-order valence-corrected chi connectivity index (χ0v) is 20.3. The lowest BCUT2D eigenvalue weighted by Crippen LogP contribution is -2.41. The van der Waals surface area contributed by atoms with Gasteiger partial charge in [-0.05, 0) is 49.9 Å². The van der Waals surface area contributed by atoms with E-state index in [0.717, 1.165) is 31.4 Å². The number of hydrogen-bond donors (Lipinski definition) is 1. The minimum Gasteiger partial charge on any atom is -0.497 e. The van der Waals surface area contributed by atoms with Crippen LogP contribution in [0.3, 0.4) is 0 Å². The van der Waals surface area contributed by atoms with Crippen molar-refractivity contribution in [2.45, 2.75) is 50.7 Å². The first-order chi connectivity index (χ1) is 17.0. The molecule has 1 N–H and O–H groups in total. The fourth-order valence-electron chi connectivity index (χ4n) is 5.17. The Hall–Kier alpha value is -3.42. The van der Waals surface area contributed by atoms with E-state index in [9.17, 15) is 9.59 Å². The Morgan fingerprint density at radius 2 is 1.57 bits per heavy atom. The maximum Gasteiger partial charge on any atom is 0.254 e. The molecule has 0 unspecified atom stereocenters. The third-order valence-electron chi connectivity index (χ3n) is 7.17. The number of benzene rings is 2. The van der Waals surface area contributed by atoms with Crippen molar-refractivity contribution in [3.63, 3.8) is 0 Å². The molecule has 35 heavy (non-hydrogen) atoms. The molecule has 8 nitrogen and oxygen atoms in total. The van der Waals surface area contributed by atoms with Crippen molar-refractivity contribution in [1.29, 1.82) is 0 Å². The number of hydrogen-bond acceptors (Lipinski definition) is 6. The fraction of sp³-hybridized carbons (Fsp3) is 0.481. The third kappa shape index (κ3) is 4.88. The van der Waals surface area contributed by atoms with E-state index in [1.807, 2.05) is 18.2 Å². The number of nitrogens with zero attached hydrogens (tertiary/aromatic N) is 1. The topological polar surface area (TPSA) is 86.3 Å². The number of amides is 2. The third-order valence-corrected chi connectivity index (χ3v) is 7.17. The number of carbonyl (C=O) groups excluding carboxylic acids is 2. The molecule has 2 amide bonds. The molecule has 3 aliphatic rings. The molecule has 1 saturated carbocycles. The quantitative estimate of drug-likeness (QED) is 0.672. The first-order valence-corrected chi connectivity index (χ1v) is 12.3. The fourth-order valence-corrected chi connectivity index (χ4v) is 5.17. The molecule has 2 aliphatic heterocycles. The van der Waals surface area contributed by atoms with Gasteiger partial charge in [0.15, 0.2) is 11.5 Å². The molecule has 8 heteroatoms. The highest BCUT2D eigenvalue weighted by atomic mass is 16.7. The lowest BCUT2D eigenvalue weighted by Gasteiger charge is -2.31. The van der Waals surface area contributed by atoms with Gasteiger partial charge in [0, 0.05) is 55.2 Å². The van der Waals surface area contributed by atoms with Gasteiger partial charge in [0.25, 0.3) is 11.7 Å². The van der Waals surface area contributed by atoms with E-state index in [0.29, 0.717) is 54.4 Å². The highest BCUT2D eigenvalue weighted by Crippen LogP contribution is 2.46. The van der Waals surface area contributed by atoms with Gasteiger partial charge in [0.05, 0.1) is 14.2 Å². The van der Waals surface area contributed by atoms with Crippen LogP contribution in [0.2, 0.25) is 0 Å². The molecule has 2 heterocycles. The summed E-state index contributed by atoms with van der Waals surface area (Å²) in [6.45, 7) is 1.03. The minimum atomic E-state index is -0.532. The van der Waals surface area contributed by atoms with Crippen LogP contribution in [-0.4, -0.2) is 49.8 Å². The van der Waals surface area contributed by atoms with Gasteiger partial charge in [-0.1, -0.05) is 6.42 Å². The average molecular weight is 481 g/mol. The summed E-state index contributed by atoms with van der Waals surface area (Å²) in [5.41, 5.74) is 1.22. The van der Waals surface area contributed by atoms with Crippen LogP contribution in [0.25, 0.3) is 0 Å². The summed E-state index contributed by atoms with van der Waals surface area (Å²) >= 11 is 0. The summed E-state index contributed by atoms with van der Waals surface area (Å²) in [6.07, 6.45) is 6.41. The van der Waals surface area contributed by atoms with Crippen LogP contribution in [0.15, 0.2) is 36.4 Å². The van der Waals surface area contributed by atoms with Crippen molar-refractivity contribution in [2.24, 2.45) is 5.92 Å². The second-order valence-electron chi connectivity index (χ2n) is 9.49. The molecule has 1 saturated heterocycles. The molecule has 0 bridgehead atoms. The van der Waals surface area contributed by atoms with Crippen molar-refractivity contribution in [1.82, 2.24) is 4.90 Å². The zero-order valence-electron chi connectivity index (χ0n) is 20.3. The van der Waals surface area contributed by atoms with E-state index in [1.165, 1.54) is 6.42 Å². The molecule has 1 spiro atoms. The lowest BCUT2D eigenvalue weighted by atomic mass is 9.94. The smallest absolute Gasteiger partial charge is 0.254 e. The van der Waals surface area contributed by atoms with Crippen LogP contribution in [0.4, 0.5) is 5.69 Å². The number of carbonyl (C=O) groups is 2. The minimum absolute atomic E-state index is 0.0357. The van der Waals surface area contributed by atoms with Crippen molar-refractivity contribution >= 4 is 17.5 Å². The molecule has 2 aromatic rings. The number of rotatable bonds is 5. The predicted octanol–water partition coefficient (Wildman–Crippen LogP) is 4.63. The Labute approximate surface area is 205 Å². The van der Waals surface area contributed by atoms with Gasteiger partial charge in [-0.3, -0.25) is 9.59 Å². The van der Waals surface area contributed by atoms with E-state index in [1.54, 1.807) is 37.3 Å². The van der Waals surface area contributed by atoms with Crippen LogP contribution in [0.1, 0.15) is 55.3 Å². The molecule has 186 valence electrons. The van der Waals surface area contributed by atoms with Gasteiger partial charge < -0.3 is 29.2 Å². The molecule has 0 atom stereocenters. The summed E-state index contributed by atoms with van der Waals surface area (Å²) in [4.78, 5) is 27.8. The second kappa shape index (κ2) is 9.68. The summed E-state index contributed by atoms with van der Waals surface area (Å²) < 4.78 is 22.9. The standard InChI is InChI=1S/C27H32N2O6/c1-32-21-14-19(15-22(17-21)33-2)26(31)29-12-8-18(9-13-29)25(30)28-20-6-7-23-24(16-20)35-27(34-23)10-4-3-5-11-27/h6-7,14-18H,3-5,8-13H2,1-2H3,(H,28,30). The monoisotopic (exact) mass is 480 g/mol. The summed E-state index contributed by atoms with van der Waals surface area (Å²) in [6, 6.07) is 10.7. The second-order valence-corrected chi connectivity index (χ2v) is 9.49. The van der Waals surface area contributed by atoms with Gasteiger partial charge in [-0.25, -0.2) is 0 Å². The van der Waals surface area contributed by atoms with Crippen LogP contribution in [-0.2, 0) is 4.79 Å². The maximum atomic E-state index is 13.0. The van der Waals surface area contributed by atoms with Crippen LogP contribution < -0.4 is 24.3 Å². The number of fused-ring (bicyclic) bond motifs is 1. The van der Waals surface area contributed by atoms with E-state index >= 15 is 0 Å². The summed E-state index contributed by atoms with van der Waals surface area (Å²) in [5, 5.41) is 3.03. The molecular weight excluding hydrogens is 448 g/mol. The summed E-state index contributed by atoms with van der Waals surface area (Å²) in [5.74, 6) is 1.76. The Balaban J connectivity index is 1.17. The Bertz CT molecular complexity index is 1080. The van der Waals surface area contributed by atoms with Gasteiger partial charge in [0.1, 0.15) is 11.5 Å². The molecule has 0 aromatic heterocycles. The highest BCUT2D eigenvalue weighted by Gasteiger charge is 2.42. The molecule has 5 rings (SSSR count). The Morgan fingerprint density at radius 1 is 0.914 bits per heavy atom. The van der Waals surface area contributed by atoms with E-state index in [4.69, 9.17) is 18.9 Å². The SMILES string of the molecule is COc1cc(OC)cc(C(=O)N2CCC(C(=O)Nc3ccc4c(c3)OC3(CCCCC3)O4)CC2)c1. The lowest BCUT2D eigenvalue weighted by molar-refractivity contribution is -0.121. The number of piperidine rings is 1. The molecule has 2 aromatic carbocycles. The molecular formula is C27H32N2O6. The summed E-state index contributed by atoms with van der Waals surface area (Å²) in [7, 11) is 3.11. The van der Waals surface area contributed by atoms with Gasteiger partial charge in [-0.2, -0.15) is 0 Å². The van der Waals surface area contributed by atoms with Crippen molar-refractivity contribution in [3.05, 3.63) is 42.0 Å². The molecule has 0 radical (unpaired) electrons. The first kappa shape index (κ1) is 23.3. The number of nitrogens with one attached hydrogen (secondary N) is 1.